The van der Waals surface area contributed by atoms with Gasteiger partial charge < -0.3 is 15.1 Å². The van der Waals surface area contributed by atoms with E-state index in [1.807, 2.05) is 0 Å². The molecule has 1 aromatic carbocycles. The molecule has 0 radical (unpaired) electrons. The fourth-order valence-corrected chi connectivity index (χ4v) is 4.77. The average molecular weight is 473 g/mol. The second-order valence-corrected chi connectivity index (χ2v) is 9.24. The zero-order valence-corrected chi connectivity index (χ0v) is 17.7. The van der Waals surface area contributed by atoms with Crippen molar-refractivity contribution in [2.75, 3.05) is 19.6 Å². The quantitative estimate of drug-likeness (QED) is 0.642. The number of furan rings is 1. The molecule has 3 rings (SSSR count). The van der Waals surface area contributed by atoms with Crippen LogP contribution in [-0.4, -0.2) is 50.3 Å². The Hall–Kier alpha value is -2.86. The predicted molar refractivity (Wildman–Crippen MR) is 107 cm³/mol. The number of halogens is 3. The van der Waals surface area contributed by atoms with Crippen molar-refractivity contribution in [3.05, 3.63) is 54.0 Å². The van der Waals surface area contributed by atoms with Crippen LogP contribution < -0.4 is 10.6 Å². The van der Waals surface area contributed by atoms with E-state index in [2.05, 4.69) is 5.32 Å². The number of carbonyl (C=O) groups excluding carboxylic acids is 2. The summed E-state index contributed by atoms with van der Waals surface area (Å²) in [5, 5.41) is 4.50. The Labute approximate surface area is 182 Å². The molecule has 2 N–H and O–H groups in total. The third kappa shape index (κ3) is 6.10. The predicted octanol–water partition coefficient (Wildman–Crippen LogP) is 2.29. The number of rotatable bonds is 7. The normalized spacial score (nSPS) is 16.0. The number of nitrogens with zero attached hydrogens (tertiary/aromatic N) is 1. The lowest BCUT2D eigenvalue weighted by Gasteiger charge is -2.30. The van der Waals surface area contributed by atoms with Gasteiger partial charge in [0.15, 0.2) is 0 Å². The van der Waals surface area contributed by atoms with E-state index in [4.69, 9.17) is 4.42 Å². The Balaban J connectivity index is 1.54. The van der Waals surface area contributed by atoms with Crippen LogP contribution in [0.15, 0.2) is 52.0 Å². The number of benzene rings is 1. The van der Waals surface area contributed by atoms with Crippen LogP contribution in [0.3, 0.4) is 0 Å². The molecule has 174 valence electrons. The lowest BCUT2D eigenvalue weighted by atomic mass is 9.97. The minimum absolute atomic E-state index is 0.0782. The highest BCUT2D eigenvalue weighted by atomic mass is 32.2. The Morgan fingerprint density at radius 3 is 2.28 bits per heavy atom. The van der Waals surface area contributed by atoms with E-state index in [0.717, 1.165) is 12.1 Å². The Kier molecular flexibility index (Phi) is 7.24. The number of sulfonamides is 1. The van der Waals surface area contributed by atoms with E-state index in [-0.39, 0.29) is 41.9 Å². The first-order valence-electron chi connectivity index (χ1n) is 9.81. The first-order chi connectivity index (χ1) is 15.1. The van der Waals surface area contributed by atoms with Crippen molar-refractivity contribution >= 4 is 21.8 Å². The molecule has 12 heteroatoms. The van der Waals surface area contributed by atoms with Crippen molar-refractivity contribution < 1.29 is 35.6 Å². The maximum atomic E-state index is 12.8. The van der Waals surface area contributed by atoms with Gasteiger partial charge in [0.05, 0.1) is 17.7 Å². The average Bonchev–Trinajstić information content (AvgIpc) is 3.29. The molecule has 0 aliphatic carbocycles. The molecule has 1 aliphatic rings. The Bertz CT molecular complexity index is 1030. The van der Waals surface area contributed by atoms with Crippen molar-refractivity contribution in [3.63, 3.8) is 0 Å². The van der Waals surface area contributed by atoms with Crippen LogP contribution in [0, 0.1) is 5.92 Å². The van der Waals surface area contributed by atoms with Gasteiger partial charge >= 0.3 is 6.18 Å². The van der Waals surface area contributed by atoms with Crippen LogP contribution in [0.2, 0.25) is 0 Å². The van der Waals surface area contributed by atoms with Gasteiger partial charge in [0.25, 0.3) is 5.91 Å². The minimum atomic E-state index is -4.54. The van der Waals surface area contributed by atoms with Gasteiger partial charge in [-0.05, 0) is 49.2 Å². The summed E-state index contributed by atoms with van der Waals surface area (Å²) in [6, 6.07) is 8.13. The van der Waals surface area contributed by atoms with E-state index in [1.165, 1.54) is 22.7 Å². The fraction of sp³-hybridized carbons (Fsp3) is 0.400. The zero-order chi connectivity index (χ0) is 23.4. The Morgan fingerprint density at radius 1 is 1.06 bits per heavy atom. The number of alkyl halides is 3. The number of nitrogens with one attached hydrogen (secondary N) is 2. The highest BCUT2D eigenvalue weighted by Gasteiger charge is 2.32. The molecule has 0 bridgehead atoms. The van der Waals surface area contributed by atoms with Crippen molar-refractivity contribution in [2.24, 2.45) is 5.92 Å². The van der Waals surface area contributed by atoms with Gasteiger partial charge in [0, 0.05) is 24.6 Å². The number of amides is 2. The van der Waals surface area contributed by atoms with Crippen LogP contribution in [-0.2, 0) is 21.4 Å². The van der Waals surface area contributed by atoms with Crippen LogP contribution >= 0.6 is 0 Å². The lowest BCUT2D eigenvalue weighted by Crippen LogP contribution is -2.42. The van der Waals surface area contributed by atoms with Crippen LogP contribution in [0.25, 0.3) is 0 Å². The summed E-state index contributed by atoms with van der Waals surface area (Å²) in [5.74, 6) is -0.828. The molecule has 0 saturated carbocycles. The van der Waals surface area contributed by atoms with E-state index < -0.39 is 28.7 Å². The maximum Gasteiger partial charge on any atom is 0.405 e. The second kappa shape index (κ2) is 9.74. The van der Waals surface area contributed by atoms with Gasteiger partial charge in [-0.3, -0.25) is 9.59 Å². The van der Waals surface area contributed by atoms with Crippen LogP contribution in [0.1, 0.15) is 29.0 Å². The molecule has 8 nitrogen and oxygen atoms in total. The third-order valence-corrected chi connectivity index (χ3v) is 6.96. The summed E-state index contributed by atoms with van der Waals surface area (Å²) in [6.07, 6.45) is -2.34. The number of hydrogen-bond donors (Lipinski definition) is 2. The van der Waals surface area contributed by atoms with E-state index in [0.29, 0.717) is 18.6 Å². The molecule has 1 aromatic heterocycles. The molecule has 0 unspecified atom stereocenters. The molecule has 2 heterocycles. The number of piperidine rings is 1. The SMILES string of the molecule is O=C(NCC(F)(F)F)c1ccc(S(=O)(=O)N2CCC(C(=O)NCc3ccco3)CC2)cc1. The molecule has 0 atom stereocenters. The second-order valence-electron chi connectivity index (χ2n) is 7.30. The highest BCUT2D eigenvalue weighted by molar-refractivity contribution is 7.89. The van der Waals surface area contributed by atoms with E-state index in [9.17, 15) is 31.2 Å². The smallest absolute Gasteiger partial charge is 0.405 e. The van der Waals surface area contributed by atoms with Gasteiger partial charge in [-0.1, -0.05) is 0 Å². The third-order valence-electron chi connectivity index (χ3n) is 5.05. The van der Waals surface area contributed by atoms with Crippen molar-refractivity contribution in [3.8, 4) is 0 Å². The van der Waals surface area contributed by atoms with Gasteiger partial charge in [0.1, 0.15) is 12.3 Å². The first-order valence-corrected chi connectivity index (χ1v) is 11.3. The standard InChI is InChI=1S/C20H22F3N3O5S/c21-20(22,23)13-25-19(28)14-3-5-17(6-4-14)32(29,30)26-9-7-15(8-10-26)18(27)24-12-16-2-1-11-31-16/h1-6,11,15H,7-10,12-13H2,(H,24,27)(H,25,28). The number of carbonyl (C=O) groups is 2. The summed E-state index contributed by atoms with van der Waals surface area (Å²) >= 11 is 0. The van der Waals surface area contributed by atoms with Crippen LogP contribution in [0.4, 0.5) is 13.2 Å². The van der Waals surface area contributed by atoms with Crippen molar-refractivity contribution in [1.82, 2.24) is 14.9 Å². The Morgan fingerprint density at radius 2 is 1.72 bits per heavy atom. The van der Waals surface area contributed by atoms with E-state index in [1.54, 1.807) is 17.4 Å². The largest absolute Gasteiger partial charge is 0.467 e. The first kappa shape index (κ1) is 23.8. The molecule has 0 spiro atoms. The molecule has 2 amide bonds. The zero-order valence-electron chi connectivity index (χ0n) is 16.9. The maximum absolute atomic E-state index is 12.8. The molecular formula is C20H22F3N3O5S. The fourth-order valence-electron chi connectivity index (χ4n) is 3.30. The van der Waals surface area contributed by atoms with Crippen LogP contribution in [0.5, 0.6) is 0 Å². The van der Waals surface area contributed by atoms with Gasteiger partial charge in [-0.15, -0.1) is 0 Å². The van der Waals surface area contributed by atoms with Crippen molar-refractivity contribution in [1.29, 1.82) is 0 Å². The number of hydrogen-bond acceptors (Lipinski definition) is 5. The topological polar surface area (TPSA) is 109 Å². The van der Waals surface area contributed by atoms with E-state index >= 15 is 0 Å². The molecule has 1 aliphatic heterocycles. The summed E-state index contributed by atoms with van der Waals surface area (Å²) < 4.78 is 68.7. The van der Waals surface area contributed by atoms with Gasteiger partial charge in [0.2, 0.25) is 15.9 Å². The highest BCUT2D eigenvalue weighted by Crippen LogP contribution is 2.24. The lowest BCUT2D eigenvalue weighted by molar-refractivity contribution is -0.126. The summed E-state index contributed by atoms with van der Waals surface area (Å²) in [6.45, 7) is -0.923. The van der Waals surface area contributed by atoms with Gasteiger partial charge in [-0.25, -0.2) is 8.42 Å². The van der Waals surface area contributed by atoms with Gasteiger partial charge in [-0.2, -0.15) is 17.5 Å². The molecule has 32 heavy (non-hydrogen) atoms. The summed E-state index contributed by atoms with van der Waals surface area (Å²) in [5.41, 5.74) is -0.0832. The summed E-state index contributed by atoms with van der Waals surface area (Å²) in [7, 11) is -3.86. The molecule has 2 aromatic rings. The molecule has 1 fully saturated rings. The molecule has 1 saturated heterocycles. The monoisotopic (exact) mass is 473 g/mol. The minimum Gasteiger partial charge on any atom is -0.467 e. The summed E-state index contributed by atoms with van der Waals surface area (Å²) in [4.78, 5) is 24.0. The molecular weight excluding hydrogens is 451 g/mol. The van der Waals surface area contributed by atoms with Crippen molar-refractivity contribution in [2.45, 2.75) is 30.5 Å².